The molecule has 0 aliphatic rings. The first kappa shape index (κ1) is 26.6. The Kier molecular flexibility index (Phi) is 25.1. The third-order valence-electron chi connectivity index (χ3n) is 5.48. The molecule has 0 heteroatoms. The van der Waals surface area contributed by atoms with Crippen molar-refractivity contribution in [3.63, 3.8) is 0 Å². The van der Waals surface area contributed by atoms with Gasteiger partial charge in [0, 0.05) is 12.8 Å². The monoisotopic (exact) mass is 374 g/mol. The molecule has 0 aromatic rings. The molecule has 0 rings (SSSR count). The predicted octanol–water partition coefficient (Wildman–Crippen LogP) is 9.63. The second kappa shape index (κ2) is 25.6. The Balaban J connectivity index is 3.03. The van der Waals surface area contributed by atoms with Gasteiger partial charge in [-0.15, -0.1) is 11.8 Å². The van der Waals surface area contributed by atoms with E-state index >= 15 is 0 Å². The molecule has 0 atom stereocenters. The summed E-state index contributed by atoms with van der Waals surface area (Å²) in [6.07, 6.45) is 31.1. The summed E-state index contributed by atoms with van der Waals surface area (Å²) in [5, 5.41) is 0. The molecule has 0 aliphatic carbocycles. The van der Waals surface area contributed by atoms with Gasteiger partial charge in [0.15, 0.2) is 0 Å². The second-order valence-corrected chi connectivity index (χ2v) is 8.28. The quantitative estimate of drug-likeness (QED) is 0.138. The summed E-state index contributed by atoms with van der Waals surface area (Å²) in [7, 11) is 0. The molecule has 0 N–H and O–H groups in total. The maximum Gasteiger partial charge on any atom is 0.00886 e. The van der Waals surface area contributed by atoms with Crippen molar-refractivity contribution >= 4 is 0 Å². The number of unbranched alkanes of at least 4 members (excludes halogenated alkanes) is 21. The van der Waals surface area contributed by atoms with Crippen molar-refractivity contribution in [3.8, 4) is 11.8 Å². The number of hydrogen-bond donors (Lipinski definition) is 0. The van der Waals surface area contributed by atoms with Crippen LogP contribution in [0, 0.1) is 25.7 Å². The van der Waals surface area contributed by atoms with Crippen molar-refractivity contribution < 1.29 is 0 Å². The van der Waals surface area contributed by atoms with E-state index in [0.29, 0.717) is 0 Å². The molecule has 2 radical (unpaired) electrons. The minimum atomic E-state index is 1.06. The van der Waals surface area contributed by atoms with Gasteiger partial charge in [-0.3, -0.25) is 0 Å². The van der Waals surface area contributed by atoms with Gasteiger partial charge in [-0.1, -0.05) is 136 Å². The first-order valence-corrected chi connectivity index (χ1v) is 12.5. The van der Waals surface area contributed by atoms with Crippen molar-refractivity contribution in [2.45, 2.75) is 148 Å². The Hall–Kier alpha value is -0.440. The van der Waals surface area contributed by atoms with E-state index in [1.165, 1.54) is 122 Å². The molecule has 0 bridgehead atoms. The fourth-order valence-corrected chi connectivity index (χ4v) is 3.61. The average Bonchev–Trinajstić information content (AvgIpc) is 2.68. The van der Waals surface area contributed by atoms with E-state index in [-0.39, 0.29) is 0 Å². The summed E-state index contributed by atoms with van der Waals surface area (Å²) < 4.78 is 0. The van der Waals surface area contributed by atoms with Crippen LogP contribution in [0.5, 0.6) is 0 Å². The van der Waals surface area contributed by atoms with Gasteiger partial charge in [0.1, 0.15) is 0 Å². The molecule has 0 aromatic carbocycles. The molecule has 0 spiro atoms. The molecule has 0 saturated carbocycles. The first-order valence-electron chi connectivity index (χ1n) is 12.5. The van der Waals surface area contributed by atoms with E-state index in [1.807, 2.05) is 0 Å². The SMILES string of the molecule is [CH2]CCCCC#CCCCCCCCCCCCCCCCCCCC[CH2]. The van der Waals surface area contributed by atoms with E-state index in [0.717, 1.165) is 25.7 Å². The molecule has 0 heterocycles. The molecule has 0 aliphatic heterocycles. The summed E-state index contributed by atoms with van der Waals surface area (Å²) in [4.78, 5) is 0. The lowest BCUT2D eigenvalue weighted by Crippen LogP contribution is -1.84. The van der Waals surface area contributed by atoms with Crippen LogP contribution in [0.3, 0.4) is 0 Å². The largest absolute Gasteiger partial charge is 0.103 e. The summed E-state index contributed by atoms with van der Waals surface area (Å²) >= 11 is 0. The highest BCUT2D eigenvalue weighted by Crippen LogP contribution is 2.14. The van der Waals surface area contributed by atoms with Crippen LogP contribution in [0.4, 0.5) is 0 Å². The highest BCUT2D eigenvalue weighted by molar-refractivity contribution is 4.98. The van der Waals surface area contributed by atoms with Crippen molar-refractivity contribution in [1.29, 1.82) is 0 Å². The Bertz CT molecular complexity index is 306. The van der Waals surface area contributed by atoms with Gasteiger partial charge in [0.05, 0.1) is 0 Å². The van der Waals surface area contributed by atoms with Crippen LogP contribution in [0.25, 0.3) is 0 Å². The van der Waals surface area contributed by atoms with Gasteiger partial charge in [-0.05, 0) is 12.8 Å². The molecule has 0 fully saturated rings. The zero-order valence-electron chi connectivity index (χ0n) is 18.7. The molecule has 0 unspecified atom stereocenters. The average molecular weight is 375 g/mol. The summed E-state index contributed by atoms with van der Waals surface area (Å²) in [5.74, 6) is 6.62. The van der Waals surface area contributed by atoms with Crippen LogP contribution in [0.15, 0.2) is 0 Å². The third kappa shape index (κ3) is 25.6. The molecular formula is C27H50. The van der Waals surface area contributed by atoms with Crippen molar-refractivity contribution in [1.82, 2.24) is 0 Å². The smallest absolute Gasteiger partial charge is 0.00886 e. The predicted molar refractivity (Wildman–Crippen MR) is 125 cm³/mol. The van der Waals surface area contributed by atoms with Gasteiger partial charge in [-0.2, -0.15) is 0 Å². The normalized spacial score (nSPS) is 10.7. The molecular weight excluding hydrogens is 324 g/mol. The highest BCUT2D eigenvalue weighted by atomic mass is 14.0. The zero-order chi connectivity index (χ0) is 19.7. The summed E-state index contributed by atoms with van der Waals surface area (Å²) in [5.41, 5.74) is 0. The van der Waals surface area contributed by atoms with Gasteiger partial charge >= 0.3 is 0 Å². The fraction of sp³-hybridized carbons (Fsp3) is 0.852. The summed E-state index contributed by atoms with van der Waals surface area (Å²) in [6.45, 7) is 7.77. The standard InChI is InChI=1S/C27H50/c1-3-5-7-9-11-13-15-17-19-21-23-25-27-26-24-22-20-18-16-14-12-10-8-6-4-2/h1-11,13,15-27H2. The zero-order valence-corrected chi connectivity index (χ0v) is 18.7. The minimum Gasteiger partial charge on any atom is -0.103 e. The Morgan fingerprint density at radius 1 is 0.296 bits per heavy atom. The third-order valence-corrected chi connectivity index (χ3v) is 5.48. The van der Waals surface area contributed by atoms with Gasteiger partial charge in [0.2, 0.25) is 0 Å². The number of rotatable bonds is 21. The van der Waals surface area contributed by atoms with E-state index in [4.69, 9.17) is 0 Å². The van der Waals surface area contributed by atoms with Crippen LogP contribution in [0.1, 0.15) is 148 Å². The van der Waals surface area contributed by atoms with E-state index in [1.54, 1.807) is 0 Å². The maximum atomic E-state index is 3.91. The van der Waals surface area contributed by atoms with Crippen LogP contribution in [-0.4, -0.2) is 0 Å². The van der Waals surface area contributed by atoms with Gasteiger partial charge in [0.25, 0.3) is 0 Å². The van der Waals surface area contributed by atoms with Crippen LogP contribution in [0.2, 0.25) is 0 Å². The Labute approximate surface area is 173 Å². The van der Waals surface area contributed by atoms with Crippen molar-refractivity contribution in [2.24, 2.45) is 0 Å². The number of hydrogen-bond acceptors (Lipinski definition) is 0. The fourth-order valence-electron chi connectivity index (χ4n) is 3.61. The minimum absolute atomic E-state index is 1.06. The molecule has 158 valence electrons. The van der Waals surface area contributed by atoms with Gasteiger partial charge in [-0.25, -0.2) is 0 Å². The first-order chi connectivity index (χ1) is 13.4. The topological polar surface area (TPSA) is 0 Å². The molecule has 0 saturated heterocycles. The van der Waals surface area contributed by atoms with E-state index < -0.39 is 0 Å². The second-order valence-electron chi connectivity index (χ2n) is 8.28. The van der Waals surface area contributed by atoms with Crippen LogP contribution >= 0.6 is 0 Å². The lowest BCUT2D eigenvalue weighted by molar-refractivity contribution is 0.526. The maximum absolute atomic E-state index is 3.91. The van der Waals surface area contributed by atoms with E-state index in [2.05, 4.69) is 25.7 Å². The van der Waals surface area contributed by atoms with Crippen molar-refractivity contribution in [2.75, 3.05) is 0 Å². The lowest BCUT2D eigenvalue weighted by atomic mass is 10.0. The van der Waals surface area contributed by atoms with Crippen LogP contribution in [-0.2, 0) is 0 Å². The summed E-state index contributed by atoms with van der Waals surface area (Å²) in [6, 6.07) is 0. The van der Waals surface area contributed by atoms with Crippen molar-refractivity contribution in [3.05, 3.63) is 13.8 Å². The Morgan fingerprint density at radius 2 is 0.519 bits per heavy atom. The molecule has 27 heavy (non-hydrogen) atoms. The molecule has 0 nitrogen and oxygen atoms in total. The molecule has 0 aromatic heterocycles. The molecule has 0 amide bonds. The van der Waals surface area contributed by atoms with Crippen LogP contribution < -0.4 is 0 Å². The van der Waals surface area contributed by atoms with E-state index in [9.17, 15) is 0 Å². The lowest BCUT2D eigenvalue weighted by Gasteiger charge is -2.03. The Morgan fingerprint density at radius 3 is 0.852 bits per heavy atom. The van der Waals surface area contributed by atoms with Gasteiger partial charge < -0.3 is 0 Å². The highest BCUT2D eigenvalue weighted by Gasteiger charge is 1.94.